The van der Waals surface area contributed by atoms with Crippen molar-refractivity contribution >= 4 is 23.2 Å². The fraction of sp³-hybridized carbons (Fsp3) is 0.400. The summed E-state index contributed by atoms with van der Waals surface area (Å²) in [6.45, 7) is 2.72. The Morgan fingerprint density at radius 2 is 2.07 bits per heavy atom. The number of halogens is 2. The molecule has 2 nitrogen and oxygen atoms in total. The molecule has 0 aliphatic heterocycles. The Morgan fingerprint density at radius 3 is 2.64 bits per heavy atom. The van der Waals surface area contributed by atoms with Crippen molar-refractivity contribution in [3.63, 3.8) is 0 Å². The van der Waals surface area contributed by atoms with Gasteiger partial charge in [-0.15, -0.1) is 0 Å². The number of nitrogens with one attached hydrogen (secondary N) is 1. The monoisotopic (exact) mass is 233 g/mol. The second-order valence-electron chi connectivity index (χ2n) is 3.21. The molecule has 0 amide bonds. The van der Waals surface area contributed by atoms with E-state index in [4.69, 9.17) is 28.3 Å². The van der Waals surface area contributed by atoms with Crippen molar-refractivity contribution in [1.29, 1.82) is 0 Å². The lowest BCUT2D eigenvalue weighted by molar-refractivity contribution is 0.251. The first kappa shape index (κ1) is 11.8. The summed E-state index contributed by atoms with van der Waals surface area (Å²) in [7, 11) is 0. The molecule has 0 aliphatic rings. The molecule has 0 bridgehead atoms. The maximum atomic E-state index is 8.80. The van der Waals surface area contributed by atoms with E-state index in [2.05, 4.69) is 5.32 Å². The molecule has 78 valence electrons. The van der Waals surface area contributed by atoms with Crippen molar-refractivity contribution in [3.8, 4) is 0 Å². The molecule has 0 saturated heterocycles. The minimum absolute atomic E-state index is 0.0875. The molecule has 0 heterocycles. The molecule has 4 heteroatoms. The normalized spacial score (nSPS) is 12.9. The van der Waals surface area contributed by atoms with Gasteiger partial charge in [-0.2, -0.15) is 0 Å². The van der Waals surface area contributed by atoms with E-state index in [1.807, 2.05) is 19.1 Å². The van der Waals surface area contributed by atoms with Gasteiger partial charge in [-0.1, -0.05) is 29.3 Å². The van der Waals surface area contributed by atoms with Gasteiger partial charge in [-0.05, 0) is 24.6 Å². The first-order valence-electron chi connectivity index (χ1n) is 4.41. The molecule has 1 aromatic rings. The van der Waals surface area contributed by atoms with Crippen LogP contribution in [0.4, 0.5) is 0 Å². The van der Waals surface area contributed by atoms with E-state index >= 15 is 0 Å². The second kappa shape index (κ2) is 5.56. The fourth-order valence-electron chi connectivity index (χ4n) is 1.01. The Kier molecular flexibility index (Phi) is 4.69. The molecule has 0 saturated carbocycles. The van der Waals surface area contributed by atoms with Crippen LogP contribution in [0.25, 0.3) is 0 Å². The highest BCUT2D eigenvalue weighted by atomic mass is 35.5. The summed E-state index contributed by atoms with van der Waals surface area (Å²) in [6, 6.07) is 5.58. The first-order valence-corrected chi connectivity index (χ1v) is 5.17. The van der Waals surface area contributed by atoms with E-state index in [9.17, 15) is 0 Å². The third kappa shape index (κ3) is 3.46. The quantitative estimate of drug-likeness (QED) is 0.838. The van der Waals surface area contributed by atoms with Crippen molar-refractivity contribution < 1.29 is 5.11 Å². The molecule has 14 heavy (non-hydrogen) atoms. The van der Waals surface area contributed by atoms with Gasteiger partial charge in [0.05, 0.1) is 16.7 Å². The summed E-state index contributed by atoms with van der Waals surface area (Å²) < 4.78 is 0. The van der Waals surface area contributed by atoms with Gasteiger partial charge in [0.15, 0.2) is 0 Å². The summed E-state index contributed by atoms with van der Waals surface area (Å²) in [5, 5.41) is 13.1. The third-order valence-corrected chi connectivity index (χ3v) is 2.65. The van der Waals surface area contributed by atoms with Crippen molar-refractivity contribution in [2.24, 2.45) is 0 Å². The average Bonchev–Trinajstić information content (AvgIpc) is 2.19. The predicted octanol–water partition coefficient (Wildman–Crippen LogP) is 2.46. The van der Waals surface area contributed by atoms with Crippen LogP contribution in [-0.2, 0) is 6.54 Å². The van der Waals surface area contributed by atoms with Crippen LogP contribution < -0.4 is 5.32 Å². The zero-order valence-electron chi connectivity index (χ0n) is 7.93. The van der Waals surface area contributed by atoms with E-state index in [1.165, 1.54) is 0 Å². The van der Waals surface area contributed by atoms with Gasteiger partial charge in [-0.25, -0.2) is 0 Å². The highest BCUT2D eigenvalue weighted by Crippen LogP contribution is 2.22. The van der Waals surface area contributed by atoms with E-state index < -0.39 is 0 Å². The highest BCUT2D eigenvalue weighted by molar-refractivity contribution is 6.42. The molecule has 0 spiro atoms. The molecule has 2 N–H and O–H groups in total. The molecule has 1 rings (SSSR count). The Morgan fingerprint density at radius 1 is 1.36 bits per heavy atom. The predicted molar refractivity (Wildman–Crippen MR) is 59.8 cm³/mol. The summed E-state index contributed by atoms with van der Waals surface area (Å²) in [5.41, 5.74) is 1.06. The smallest absolute Gasteiger partial charge is 0.0595 e. The number of hydrogen-bond donors (Lipinski definition) is 2. The van der Waals surface area contributed by atoms with Crippen LogP contribution >= 0.6 is 23.2 Å². The van der Waals surface area contributed by atoms with Gasteiger partial charge in [0.2, 0.25) is 0 Å². The minimum atomic E-state index is 0.0875. The standard InChI is InChI=1S/C10H13Cl2NO/c1-7(6-14)13-5-8-2-3-9(11)10(12)4-8/h2-4,7,13-14H,5-6H2,1H3. The SMILES string of the molecule is CC(CO)NCc1ccc(Cl)c(Cl)c1. The Labute approximate surface area is 93.8 Å². The lowest BCUT2D eigenvalue weighted by Gasteiger charge is -2.10. The van der Waals surface area contributed by atoms with Gasteiger partial charge < -0.3 is 10.4 Å². The van der Waals surface area contributed by atoms with E-state index in [1.54, 1.807) is 6.07 Å². The molecule has 1 aromatic carbocycles. The maximum Gasteiger partial charge on any atom is 0.0595 e. The maximum absolute atomic E-state index is 8.80. The van der Waals surface area contributed by atoms with Crippen LogP contribution in [0.3, 0.4) is 0 Å². The number of hydrogen-bond acceptors (Lipinski definition) is 2. The van der Waals surface area contributed by atoms with E-state index in [0.29, 0.717) is 16.6 Å². The second-order valence-corrected chi connectivity index (χ2v) is 4.03. The molecule has 1 unspecified atom stereocenters. The van der Waals surface area contributed by atoms with Crippen LogP contribution in [0, 0.1) is 0 Å². The topological polar surface area (TPSA) is 32.3 Å². The van der Waals surface area contributed by atoms with Crippen LogP contribution in [0.1, 0.15) is 12.5 Å². The summed E-state index contributed by atoms with van der Waals surface area (Å²) >= 11 is 11.6. The molecule has 0 fully saturated rings. The van der Waals surface area contributed by atoms with Crippen LogP contribution in [0.2, 0.25) is 10.0 Å². The van der Waals surface area contributed by atoms with Crippen molar-refractivity contribution in [2.45, 2.75) is 19.5 Å². The molecular weight excluding hydrogens is 221 g/mol. The Bertz CT molecular complexity index is 304. The van der Waals surface area contributed by atoms with Crippen molar-refractivity contribution in [3.05, 3.63) is 33.8 Å². The highest BCUT2D eigenvalue weighted by Gasteiger charge is 2.01. The zero-order chi connectivity index (χ0) is 10.6. The Hall–Kier alpha value is -0.280. The lowest BCUT2D eigenvalue weighted by Crippen LogP contribution is -2.28. The minimum Gasteiger partial charge on any atom is -0.395 e. The third-order valence-electron chi connectivity index (χ3n) is 1.91. The van der Waals surface area contributed by atoms with E-state index in [0.717, 1.165) is 5.56 Å². The number of aliphatic hydroxyl groups is 1. The van der Waals surface area contributed by atoms with Crippen molar-refractivity contribution in [2.75, 3.05) is 6.61 Å². The van der Waals surface area contributed by atoms with Gasteiger partial charge in [0.1, 0.15) is 0 Å². The summed E-state index contributed by atoms with van der Waals surface area (Å²) in [4.78, 5) is 0. The summed E-state index contributed by atoms with van der Waals surface area (Å²) in [6.07, 6.45) is 0. The fourth-order valence-corrected chi connectivity index (χ4v) is 1.33. The number of rotatable bonds is 4. The van der Waals surface area contributed by atoms with Crippen LogP contribution in [0.5, 0.6) is 0 Å². The summed E-state index contributed by atoms with van der Waals surface area (Å²) in [5.74, 6) is 0. The lowest BCUT2D eigenvalue weighted by atomic mass is 10.2. The average molecular weight is 234 g/mol. The van der Waals surface area contributed by atoms with E-state index in [-0.39, 0.29) is 12.6 Å². The largest absolute Gasteiger partial charge is 0.395 e. The molecular formula is C10H13Cl2NO. The molecule has 0 aliphatic carbocycles. The van der Waals surface area contributed by atoms with Gasteiger partial charge in [0, 0.05) is 12.6 Å². The van der Waals surface area contributed by atoms with Crippen LogP contribution in [-0.4, -0.2) is 17.8 Å². The molecule has 0 radical (unpaired) electrons. The number of benzene rings is 1. The molecule has 1 atom stereocenters. The van der Waals surface area contributed by atoms with Crippen LogP contribution in [0.15, 0.2) is 18.2 Å². The first-order chi connectivity index (χ1) is 6.63. The van der Waals surface area contributed by atoms with Gasteiger partial charge in [-0.3, -0.25) is 0 Å². The number of aliphatic hydroxyl groups excluding tert-OH is 1. The Balaban J connectivity index is 2.55. The van der Waals surface area contributed by atoms with Gasteiger partial charge in [0.25, 0.3) is 0 Å². The van der Waals surface area contributed by atoms with Gasteiger partial charge >= 0.3 is 0 Å². The zero-order valence-corrected chi connectivity index (χ0v) is 9.44. The van der Waals surface area contributed by atoms with Crippen molar-refractivity contribution in [1.82, 2.24) is 5.32 Å². The molecule has 0 aromatic heterocycles.